The summed E-state index contributed by atoms with van der Waals surface area (Å²) in [7, 11) is -21.9. The fourth-order valence-electron chi connectivity index (χ4n) is 13.3. The van der Waals surface area contributed by atoms with Gasteiger partial charge in [0.2, 0.25) is 0 Å². The molecule has 0 aromatic heterocycles. The monoisotopic (exact) mass is 2330 g/mol. The Morgan fingerprint density at radius 1 is 0.300 bits per heavy atom. The molecule has 0 rings (SSSR count). The number of carbonyl (C=O) groups excluding carboxylic acids is 3. The minimum absolute atomic E-state index is 0.00865. The molecule has 0 amide bonds. The molecule has 0 aromatic rings. The molecule has 0 spiro atoms. The normalized spacial score (nSPS) is 18.8. The molecule has 0 radical (unpaired) electrons. The molecule has 35 nitrogen and oxygen atoms in total. The number of sulfone groups is 2. The summed E-state index contributed by atoms with van der Waals surface area (Å²) in [6, 6.07) is -1.37. The standard InChI is InChI=1S/C20H42N2O4S.C19H40N2O4S.C18H38N2O4S.2C17H37NO4S2.C15H34NO6PS/c1-14(2)17(21)18(23)25-13-16(26-15(3)19(4,5)6)12-22(20(7,8)9)27(10,11)24;1-15(18(2,3)4)25-16(14-24-17(22)13-20(8)9)12-21(19(5,6)7)26(10,11)23;1-13(19)16(21)23-12-15(24-14(2)17(3,4)5)11-20(18(6,7)8)25(9,10)22;2*1-14(16(2,3)4)22-15(11-12-24(10,20)21)13-18(17(5,6)7)23(8,9)19;1-12(14(2,3)4)22-13(11-21-23(17,18)19)10-16(15(5,6)7)24(8,9)20/h14-17H,10,12-13,21H2,1-9,11H3;15-16H,10,12-14H2,1-9,11H3;13-15H,9,11-12,19H2,1-8,10H3;2*14-15H,8,11-13H2,1-7,9-10H3;12-13H,8,10-11H2,1-7,9H3,(H2,17,18,19)/t15-,16-,17-,27?;15-,16-,26?;13-,14-,15-,25?;14-,15+,23?;;12-,13-,24?/m0000.0/s1. The molecule has 0 aliphatic carbocycles. The quantitative estimate of drug-likeness (QED) is 0.0190. The lowest BCUT2D eigenvalue weighted by Gasteiger charge is -2.40. The van der Waals surface area contributed by atoms with Gasteiger partial charge >= 0.3 is 25.7 Å². The van der Waals surface area contributed by atoms with Gasteiger partial charge in [0.05, 0.1) is 79.6 Å². The van der Waals surface area contributed by atoms with Crippen LogP contribution >= 0.6 is 7.82 Å². The predicted molar refractivity (Wildman–Crippen MR) is 643 cm³/mol. The van der Waals surface area contributed by atoms with Crippen molar-refractivity contribution < 1.29 is 118 Å². The molecule has 20 atom stereocenters. The topological polar surface area (TPSA) is 446 Å². The first kappa shape index (κ1) is 159. The molecule has 0 aromatic carbocycles. The maximum absolute atomic E-state index is 12.7. The van der Waals surface area contributed by atoms with Gasteiger partial charge in [-0.2, -0.15) is 0 Å². The average Bonchev–Trinajstić information content (AvgIpc) is 0.829. The van der Waals surface area contributed by atoms with Crippen molar-refractivity contribution in [1.82, 2.24) is 30.7 Å². The summed E-state index contributed by atoms with van der Waals surface area (Å²) >= 11 is 0. The Morgan fingerprint density at radius 3 is 0.627 bits per heavy atom. The van der Waals surface area contributed by atoms with Gasteiger partial charge in [-0.15, -0.1) is 0 Å². The van der Waals surface area contributed by atoms with Gasteiger partial charge in [-0.05, 0) is 274 Å². The Labute approximate surface area is 921 Å². The molecule has 0 bridgehead atoms. The van der Waals surface area contributed by atoms with Gasteiger partial charge in [0.25, 0.3) is 0 Å². The van der Waals surface area contributed by atoms with E-state index in [0.29, 0.717) is 45.6 Å². The second kappa shape index (κ2) is 62.4. The van der Waals surface area contributed by atoms with Crippen molar-refractivity contribution >= 4 is 139 Å². The third-order valence-electron chi connectivity index (χ3n) is 24.3. The second-order valence-corrected chi connectivity index (χ2v) is 74.0. The van der Waals surface area contributed by atoms with Gasteiger partial charge in [-0.1, -0.05) is 138 Å². The fraction of sp³-hybridized carbons (Fsp3) is 0.915. The van der Waals surface area contributed by atoms with E-state index in [1.807, 2.05) is 232 Å². The highest BCUT2D eigenvalue weighted by Gasteiger charge is 2.42. The molecule has 0 heterocycles. The van der Waals surface area contributed by atoms with E-state index in [4.69, 9.17) is 63.9 Å². The summed E-state index contributed by atoms with van der Waals surface area (Å²) in [4.78, 5) is 55.5. The van der Waals surface area contributed by atoms with Crippen LogP contribution in [0.15, 0.2) is 0 Å². The van der Waals surface area contributed by atoms with Crippen LogP contribution in [0.1, 0.15) is 324 Å². The van der Waals surface area contributed by atoms with Gasteiger partial charge in [0.15, 0.2) is 0 Å². The summed E-state index contributed by atoms with van der Waals surface area (Å²) < 4.78 is 201. The SMILES string of the molecule is C=S(C)(=O)N(CC(CCS(C)(=O)=O)OC(C)C(C)(C)C)C(C)(C)C.C=S(C)(=O)N(C[C@@H](CCS(C)(=O)=O)O[C@@H](C)C(C)(C)C)C(C)(C)C.C=S(C)(=O)N(C[C@@H](COC(=O)CN(C)C)O[C@@H](C)C(C)(C)C)C(C)(C)C.C=S(C)(=O)N(C[C@@H](COC(=O)[C@@H](N)C(C)C)O[C@@H](C)C(C)(C)C)C(C)(C)C.C=S(C)(=O)N(C[C@@H](COC(=O)[C@H](C)N)O[C@@H](C)C(C)(C)C)C(C)(C)C.C=S(C)(=O)N(C[C@@H](COP(=O)(O)O)O[C@@H](C)C(C)(C)C)C(C)(C)C. The van der Waals surface area contributed by atoms with E-state index >= 15 is 0 Å². The summed E-state index contributed by atoms with van der Waals surface area (Å²) in [6.45, 7) is 92.0. The Morgan fingerprint density at radius 2 is 0.473 bits per heavy atom. The molecule has 6 N–H and O–H groups in total. The smallest absolute Gasteiger partial charge is 0.462 e. The maximum atomic E-state index is 12.7. The zero-order chi connectivity index (χ0) is 122. The number of carbonyl (C=O) groups is 3. The van der Waals surface area contributed by atoms with Crippen molar-refractivity contribution in [3.05, 3.63) is 0 Å². The number of ether oxygens (including phenoxy) is 9. The first-order valence-corrected chi connectivity index (χ1v) is 69.7. The average molecular weight is 2330 g/mol. The number of phosphoric ester groups is 1. The van der Waals surface area contributed by atoms with E-state index < -0.39 is 140 Å². The number of likely N-dealkylation sites (N-methyl/N-ethyl adjacent to an activating group) is 1. The third kappa shape index (κ3) is 74.4. The van der Waals surface area contributed by atoms with E-state index in [2.05, 4.69) is 144 Å². The van der Waals surface area contributed by atoms with Crippen LogP contribution in [0, 0.1) is 38.4 Å². The second-order valence-electron chi connectivity index (χ2n) is 54.1. The van der Waals surface area contributed by atoms with Crippen LogP contribution in [0.5, 0.6) is 0 Å². The lowest BCUT2D eigenvalue weighted by molar-refractivity contribution is -0.155. The van der Waals surface area contributed by atoms with Gasteiger partial charge in [-0.25, -0.2) is 47.2 Å². The number of esters is 3. The molecular formula is C106H228N9O26PS8. The van der Waals surface area contributed by atoms with E-state index in [1.165, 1.54) is 18.8 Å². The Bertz CT molecular complexity index is 4880. The van der Waals surface area contributed by atoms with E-state index in [9.17, 15) is 61.0 Å². The molecule has 0 fully saturated rings. The fourth-order valence-corrected chi connectivity index (χ4v) is 24.9. The molecule has 44 heteroatoms. The first-order chi connectivity index (χ1) is 65.3. The molecule has 906 valence electrons. The van der Waals surface area contributed by atoms with Crippen LogP contribution < -0.4 is 11.5 Å². The Hall–Kier alpha value is -2.06. The highest BCUT2D eigenvalue weighted by molar-refractivity contribution is 7.99. The molecule has 150 heavy (non-hydrogen) atoms. The molecule has 0 saturated heterocycles. The minimum Gasteiger partial charge on any atom is -0.462 e. The van der Waals surface area contributed by atoms with Crippen molar-refractivity contribution in [3.63, 3.8) is 0 Å². The third-order valence-corrected chi connectivity index (χ3v) is 36.5. The van der Waals surface area contributed by atoms with Gasteiger partial charge in [0.1, 0.15) is 69.9 Å². The summed E-state index contributed by atoms with van der Waals surface area (Å²) in [5, 5.41) is 0. The van der Waals surface area contributed by atoms with Gasteiger partial charge in [0, 0.05) is 181 Å². The zero-order valence-corrected chi connectivity index (χ0v) is 112. The lowest BCUT2D eigenvalue weighted by Crippen LogP contribution is -2.51. The van der Waals surface area contributed by atoms with Crippen molar-refractivity contribution in [2.75, 3.05) is 148 Å². The highest BCUT2D eigenvalue weighted by atomic mass is 32.2. The zero-order valence-electron chi connectivity index (χ0n) is 105. The van der Waals surface area contributed by atoms with Gasteiger partial charge in [-0.3, -0.25) is 49.1 Å². The van der Waals surface area contributed by atoms with E-state index in [1.54, 1.807) is 51.7 Å². The molecule has 8 unspecified atom stereocenters. The molecule has 0 saturated carbocycles. The van der Waals surface area contributed by atoms with Crippen LogP contribution in [0.4, 0.5) is 0 Å². The number of hydrogen-bond acceptors (Lipinski definition) is 27. The maximum Gasteiger partial charge on any atom is 0.469 e. The van der Waals surface area contributed by atoms with Crippen LogP contribution in [-0.2, 0) is 144 Å². The summed E-state index contributed by atoms with van der Waals surface area (Å²) in [5.41, 5.74) is 8.66. The van der Waals surface area contributed by atoms with Crippen molar-refractivity contribution in [3.8, 4) is 0 Å². The number of nitrogens with zero attached hydrogens (tertiary/aromatic N) is 7. The predicted octanol–water partition coefficient (Wildman–Crippen LogP) is 14.5. The first-order valence-electron chi connectivity index (χ1n) is 51.5. The lowest BCUT2D eigenvalue weighted by atomic mass is 9.90. The van der Waals surface area contributed by atoms with Crippen molar-refractivity contribution in [2.45, 2.75) is 443 Å². The molecule has 0 aliphatic heterocycles. The minimum atomic E-state index is -4.61. The highest BCUT2D eigenvalue weighted by Crippen LogP contribution is 2.38. The van der Waals surface area contributed by atoms with Crippen LogP contribution in [-0.4, -0.2) is 402 Å². The molecule has 0 aliphatic rings. The number of phosphoric acid groups is 1. The molecular weight excluding hydrogens is 2100 g/mol. The van der Waals surface area contributed by atoms with Crippen molar-refractivity contribution in [1.29, 1.82) is 0 Å². The number of nitrogens with two attached hydrogens (primary N) is 2. The van der Waals surface area contributed by atoms with Gasteiger partial charge < -0.3 is 63.9 Å². The van der Waals surface area contributed by atoms with Crippen LogP contribution in [0.2, 0.25) is 0 Å². The largest absolute Gasteiger partial charge is 0.469 e. The summed E-state index contributed by atoms with van der Waals surface area (Å²) in [5.74, 6) is 21.7. The summed E-state index contributed by atoms with van der Waals surface area (Å²) in [6.07, 6.45) is 9.72. The van der Waals surface area contributed by atoms with E-state index in [-0.39, 0.29) is 172 Å². The van der Waals surface area contributed by atoms with Crippen LogP contribution in [0.3, 0.4) is 0 Å². The Balaban J connectivity index is -0.000000415. The number of hydrogen-bond donors (Lipinski definition) is 4. The Kier molecular flexibility index (Phi) is 66.0. The van der Waals surface area contributed by atoms with E-state index in [0.717, 1.165) is 0 Å². The number of rotatable bonds is 50. The van der Waals surface area contributed by atoms with Crippen LogP contribution in [0.25, 0.3) is 0 Å². The van der Waals surface area contributed by atoms with Crippen molar-refractivity contribution in [2.24, 2.45) is 49.9 Å².